The molecule has 0 saturated heterocycles. The van der Waals surface area contributed by atoms with E-state index in [-0.39, 0.29) is 12.7 Å². The van der Waals surface area contributed by atoms with E-state index in [1.807, 2.05) is 27.7 Å². The maximum absolute atomic E-state index is 14.0. The lowest BCUT2D eigenvalue weighted by atomic mass is 9.47. The second-order valence-corrected chi connectivity index (χ2v) is 14.0. The van der Waals surface area contributed by atoms with Crippen LogP contribution in [0.4, 0.5) is 4.39 Å². The lowest BCUT2D eigenvalue weighted by Gasteiger charge is -2.58. The quantitative estimate of drug-likeness (QED) is 0.270. The standard InChI is InChI=1S/C30H51FO2.C2H6/c1-27(2,31)20-33-23-14-17-30(6)22(19-23)10-12-24-25-13-11-21(9-7-8-16-28(3,4)32)29(25,5)18-15-26(24)30;1-2/h10,21,23-26,32H,7-9,11-20H2,1-6H3;1-2H3/t21?,23-,24-,25?,26?,29?,30?;/m0./s1. The highest BCUT2D eigenvalue weighted by molar-refractivity contribution is 5.25. The summed E-state index contributed by atoms with van der Waals surface area (Å²) < 4.78 is 20.0. The van der Waals surface area contributed by atoms with Crippen LogP contribution in [0.5, 0.6) is 0 Å². The Morgan fingerprint density at radius 3 is 2.37 bits per heavy atom. The van der Waals surface area contributed by atoms with Gasteiger partial charge in [-0.3, -0.25) is 0 Å². The van der Waals surface area contributed by atoms with Crippen molar-refractivity contribution in [2.45, 2.75) is 150 Å². The summed E-state index contributed by atoms with van der Waals surface area (Å²) >= 11 is 0. The fraction of sp³-hybridized carbons (Fsp3) is 0.938. The van der Waals surface area contributed by atoms with Crippen molar-refractivity contribution in [1.82, 2.24) is 0 Å². The Kier molecular flexibility index (Phi) is 9.28. The van der Waals surface area contributed by atoms with Gasteiger partial charge in [0, 0.05) is 0 Å². The molecule has 2 nitrogen and oxygen atoms in total. The van der Waals surface area contributed by atoms with Crippen molar-refractivity contribution in [3.63, 3.8) is 0 Å². The van der Waals surface area contributed by atoms with E-state index in [0.29, 0.717) is 10.8 Å². The van der Waals surface area contributed by atoms with Crippen LogP contribution in [0.1, 0.15) is 132 Å². The van der Waals surface area contributed by atoms with E-state index < -0.39 is 11.3 Å². The van der Waals surface area contributed by atoms with Crippen LogP contribution in [-0.2, 0) is 4.74 Å². The Morgan fingerprint density at radius 2 is 1.71 bits per heavy atom. The third-order valence-electron chi connectivity index (χ3n) is 10.5. The lowest BCUT2D eigenvalue weighted by molar-refractivity contribution is -0.0689. The molecule has 0 heterocycles. The van der Waals surface area contributed by atoms with Gasteiger partial charge in [-0.2, -0.15) is 0 Å². The van der Waals surface area contributed by atoms with Crippen molar-refractivity contribution in [3.8, 4) is 0 Å². The molecule has 4 rings (SSSR count). The SMILES string of the molecule is CC.CC(C)(O)CCCCC1CCC2[C@@H]3CC=C4C[C@@H](OCC(C)(C)F)CCC4(C)C3CCC12C. The van der Waals surface area contributed by atoms with Crippen LogP contribution in [0.3, 0.4) is 0 Å². The Bertz CT molecular complexity index is 716. The van der Waals surface area contributed by atoms with Gasteiger partial charge in [0.1, 0.15) is 5.67 Å². The summed E-state index contributed by atoms with van der Waals surface area (Å²) in [5.74, 6) is 3.42. The smallest absolute Gasteiger partial charge is 0.128 e. The fourth-order valence-corrected chi connectivity index (χ4v) is 8.62. The molecule has 1 N–H and O–H groups in total. The normalized spacial score (nSPS) is 39.0. The molecule has 4 aliphatic carbocycles. The first-order valence-corrected chi connectivity index (χ1v) is 15.0. The van der Waals surface area contributed by atoms with Crippen LogP contribution in [0.25, 0.3) is 0 Å². The van der Waals surface area contributed by atoms with E-state index in [9.17, 15) is 9.50 Å². The summed E-state index contributed by atoms with van der Waals surface area (Å²) in [7, 11) is 0. The number of hydrogen-bond acceptors (Lipinski definition) is 2. The molecule has 3 heteroatoms. The Hall–Kier alpha value is -0.410. The van der Waals surface area contributed by atoms with Gasteiger partial charge >= 0.3 is 0 Å². The molecule has 0 bridgehead atoms. The van der Waals surface area contributed by atoms with Crippen LogP contribution in [0, 0.1) is 34.5 Å². The molecule has 0 spiro atoms. The third kappa shape index (κ3) is 6.54. The van der Waals surface area contributed by atoms with Gasteiger partial charge < -0.3 is 9.84 Å². The van der Waals surface area contributed by atoms with Crippen molar-refractivity contribution >= 4 is 0 Å². The Morgan fingerprint density at radius 1 is 1.00 bits per heavy atom. The van der Waals surface area contributed by atoms with E-state index in [2.05, 4.69) is 19.9 Å². The van der Waals surface area contributed by atoms with E-state index >= 15 is 0 Å². The van der Waals surface area contributed by atoms with Crippen molar-refractivity contribution in [2.75, 3.05) is 6.61 Å². The predicted octanol–water partition coefficient (Wildman–Crippen LogP) is 9.06. The number of aliphatic hydroxyl groups is 1. The second kappa shape index (κ2) is 11.1. The molecule has 0 aromatic rings. The zero-order valence-corrected chi connectivity index (χ0v) is 24.4. The maximum atomic E-state index is 14.0. The molecule has 0 aliphatic heterocycles. The van der Waals surface area contributed by atoms with Gasteiger partial charge in [-0.25, -0.2) is 4.39 Å². The van der Waals surface area contributed by atoms with E-state index in [4.69, 9.17) is 4.74 Å². The van der Waals surface area contributed by atoms with Crippen molar-refractivity contribution in [3.05, 3.63) is 11.6 Å². The van der Waals surface area contributed by atoms with Gasteiger partial charge in [0.15, 0.2) is 0 Å². The number of alkyl halides is 1. The highest BCUT2D eigenvalue weighted by atomic mass is 19.1. The minimum atomic E-state index is -1.24. The Labute approximate surface area is 216 Å². The molecule has 0 amide bonds. The van der Waals surface area contributed by atoms with Gasteiger partial charge in [-0.1, -0.05) is 52.2 Å². The predicted molar refractivity (Wildman–Crippen MR) is 146 cm³/mol. The molecule has 5 unspecified atom stereocenters. The topological polar surface area (TPSA) is 29.5 Å². The van der Waals surface area contributed by atoms with E-state index in [1.54, 1.807) is 19.4 Å². The largest absolute Gasteiger partial charge is 0.390 e. The number of halogens is 1. The molecular weight excluding hydrogens is 435 g/mol. The maximum Gasteiger partial charge on any atom is 0.128 e. The first-order chi connectivity index (χ1) is 16.3. The van der Waals surface area contributed by atoms with Crippen molar-refractivity contribution < 1.29 is 14.2 Å². The fourth-order valence-electron chi connectivity index (χ4n) is 8.62. The Balaban J connectivity index is 0.00000167. The van der Waals surface area contributed by atoms with E-state index in [1.165, 1.54) is 51.4 Å². The minimum Gasteiger partial charge on any atom is -0.390 e. The van der Waals surface area contributed by atoms with Crippen LogP contribution in [0.15, 0.2) is 11.6 Å². The van der Waals surface area contributed by atoms with Crippen LogP contribution >= 0.6 is 0 Å². The molecule has 7 atom stereocenters. The molecule has 3 fully saturated rings. The van der Waals surface area contributed by atoms with E-state index in [0.717, 1.165) is 49.4 Å². The van der Waals surface area contributed by atoms with Gasteiger partial charge in [-0.05, 0) is 126 Å². The highest BCUT2D eigenvalue weighted by Crippen LogP contribution is 2.66. The number of hydrogen-bond donors (Lipinski definition) is 1. The number of unbranched alkanes of at least 4 members (excludes halogenated alkanes) is 1. The monoisotopic (exact) mass is 492 g/mol. The summed E-state index contributed by atoms with van der Waals surface area (Å²) in [6.45, 7) is 16.5. The molecule has 0 radical (unpaired) electrons. The summed E-state index contributed by atoms with van der Waals surface area (Å²) in [6, 6.07) is 0. The molecule has 3 saturated carbocycles. The van der Waals surface area contributed by atoms with Gasteiger partial charge in [-0.15, -0.1) is 0 Å². The first-order valence-electron chi connectivity index (χ1n) is 15.0. The third-order valence-corrected chi connectivity index (χ3v) is 10.5. The van der Waals surface area contributed by atoms with Gasteiger partial charge in [0.05, 0.1) is 18.3 Å². The summed E-state index contributed by atoms with van der Waals surface area (Å²) in [6.07, 6.45) is 17.7. The highest BCUT2D eigenvalue weighted by Gasteiger charge is 2.58. The molecular formula is C32H57FO2. The number of ether oxygens (including phenoxy) is 1. The van der Waals surface area contributed by atoms with Crippen LogP contribution in [0.2, 0.25) is 0 Å². The van der Waals surface area contributed by atoms with Crippen LogP contribution < -0.4 is 0 Å². The summed E-state index contributed by atoms with van der Waals surface area (Å²) in [5, 5.41) is 10.0. The van der Waals surface area contributed by atoms with Gasteiger partial charge in [0.25, 0.3) is 0 Å². The molecule has 4 aliphatic rings. The lowest BCUT2D eigenvalue weighted by Crippen LogP contribution is -2.50. The average Bonchev–Trinajstić information content (AvgIpc) is 3.11. The molecule has 35 heavy (non-hydrogen) atoms. The number of allylic oxidation sites excluding steroid dienone is 1. The minimum absolute atomic E-state index is 0.199. The van der Waals surface area contributed by atoms with Crippen molar-refractivity contribution in [2.24, 2.45) is 34.5 Å². The van der Waals surface area contributed by atoms with Gasteiger partial charge in [0.2, 0.25) is 0 Å². The molecule has 204 valence electrons. The second-order valence-electron chi connectivity index (χ2n) is 14.0. The number of rotatable bonds is 8. The molecule has 0 aromatic heterocycles. The summed E-state index contributed by atoms with van der Waals surface area (Å²) in [5.41, 5.74) is 0.716. The van der Waals surface area contributed by atoms with Crippen LogP contribution in [-0.4, -0.2) is 29.1 Å². The first kappa shape index (κ1) is 29.2. The van der Waals surface area contributed by atoms with Crippen molar-refractivity contribution in [1.29, 1.82) is 0 Å². The average molecular weight is 493 g/mol. The zero-order chi connectivity index (χ0) is 26.1. The molecule has 0 aromatic carbocycles. The number of fused-ring (bicyclic) bond motifs is 5. The zero-order valence-electron chi connectivity index (χ0n) is 24.4. The summed E-state index contributed by atoms with van der Waals surface area (Å²) in [4.78, 5) is 0.